The number of methoxy groups -OCH3 is 1. The van der Waals surface area contributed by atoms with Gasteiger partial charge >= 0.3 is 0 Å². The normalized spacial score (nSPS) is 11.0. The summed E-state index contributed by atoms with van der Waals surface area (Å²) in [6.07, 6.45) is 1.98. The van der Waals surface area contributed by atoms with Crippen LogP contribution in [-0.4, -0.2) is 21.9 Å². The van der Waals surface area contributed by atoms with Crippen LogP contribution < -0.4 is 9.47 Å². The molecule has 4 rings (SSSR count). The van der Waals surface area contributed by atoms with Crippen molar-refractivity contribution in [2.75, 3.05) is 7.11 Å². The predicted octanol–water partition coefficient (Wildman–Crippen LogP) is 5.14. The topological polar surface area (TPSA) is 49.2 Å². The zero-order valence-corrected chi connectivity index (χ0v) is 18.1. The fraction of sp³-hybridized carbons (Fsp3) is 0.182. The maximum atomic E-state index is 5.89. The largest absolute Gasteiger partial charge is 0.497 e. The summed E-state index contributed by atoms with van der Waals surface area (Å²) in [5.41, 5.74) is 5.05. The van der Waals surface area contributed by atoms with E-state index >= 15 is 0 Å². The molecule has 0 aliphatic carbocycles. The molecule has 5 nitrogen and oxygen atoms in total. The van der Waals surface area contributed by atoms with Crippen molar-refractivity contribution in [2.24, 2.45) is 7.05 Å². The SMILES string of the molecule is COc1ccc2nc(-c3ccc(OCc4nn(C)cc4I)cc3)c(C)cc2c1. The van der Waals surface area contributed by atoms with Crippen LogP contribution in [0, 0.1) is 10.5 Å². The second-order valence-corrected chi connectivity index (χ2v) is 7.79. The van der Waals surface area contributed by atoms with Gasteiger partial charge in [0.15, 0.2) is 0 Å². The average Bonchev–Trinajstić information content (AvgIpc) is 3.03. The second-order valence-electron chi connectivity index (χ2n) is 6.62. The highest BCUT2D eigenvalue weighted by Crippen LogP contribution is 2.28. The van der Waals surface area contributed by atoms with Crippen molar-refractivity contribution in [2.45, 2.75) is 13.5 Å². The van der Waals surface area contributed by atoms with Crippen molar-refractivity contribution < 1.29 is 9.47 Å². The molecule has 28 heavy (non-hydrogen) atoms. The third-order valence-electron chi connectivity index (χ3n) is 4.57. The van der Waals surface area contributed by atoms with E-state index in [1.807, 2.05) is 55.7 Å². The highest BCUT2D eigenvalue weighted by molar-refractivity contribution is 14.1. The van der Waals surface area contributed by atoms with Gasteiger partial charge in [-0.1, -0.05) is 0 Å². The van der Waals surface area contributed by atoms with Gasteiger partial charge in [0, 0.05) is 24.2 Å². The Hall–Kier alpha value is -2.61. The van der Waals surface area contributed by atoms with E-state index in [2.05, 4.69) is 40.7 Å². The lowest BCUT2D eigenvalue weighted by Gasteiger charge is -2.10. The van der Waals surface area contributed by atoms with Crippen molar-refractivity contribution in [1.82, 2.24) is 14.8 Å². The molecule has 0 aliphatic heterocycles. The first-order chi connectivity index (χ1) is 13.5. The van der Waals surface area contributed by atoms with Gasteiger partial charge in [-0.15, -0.1) is 0 Å². The van der Waals surface area contributed by atoms with Gasteiger partial charge in [-0.05, 0) is 83.6 Å². The van der Waals surface area contributed by atoms with Crippen molar-refractivity contribution in [3.63, 3.8) is 0 Å². The van der Waals surface area contributed by atoms with Gasteiger partial charge in [-0.2, -0.15) is 5.10 Å². The molecule has 0 unspecified atom stereocenters. The minimum Gasteiger partial charge on any atom is -0.497 e. The molecule has 2 aromatic heterocycles. The molecule has 0 radical (unpaired) electrons. The molecular formula is C22H20IN3O2. The van der Waals surface area contributed by atoms with Crippen LogP contribution >= 0.6 is 22.6 Å². The van der Waals surface area contributed by atoms with E-state index in [4.69, 9.17) is 14.5 Å². The fourth-order valence-corrected chi connectivity index (χ4v) is 3.81. The van der Waals surface area contributed by atoms with Crippen LogP contribution in [0.1, 0.15) is 11.3 Å². The third-order valence-corrected chi connectivity index (χ3v) is 5.47. The van der Waals surface area contributed by atoms with Gasteiger partial charge < -0.3 is 9.47 Å². The van der Waals surface area contributed by atoms with Crippen molar-refractivity contribution in [1.29, 1.82) is 0 Å². The van der Waals surface area contributed by atoms with E-state index in [1.165, 1.54) is 0 Å². The predicted molar refractivity (Wildman–Crippen MR) is 119 cm³/mol. The molecule has 0 fully saturated rings. The van der Waals surface area contributed by atoms with Crippen LogP contribution in [0.4, 0.5) is 0 Å². The van der Waals surface area contributed by atoms with E-state index in [-0.39, 0.29) is 0 Å². The first-order valence-corrected chi connectivity index (χ1v) is 9.98. The molecule has 0 bridgehead atoms. The molecule has 0 saturated heterocycles. The second kappa shape index (κ2) is 7.79. The van der Waals surface area contributed by atoms with Gasteiger partial charge in [0.25, 0.3) is 0 Å². The zero-order chi connectivity index (χ0) is 19.7. The number of rotatable bonds is 5. The summed E-state index contributed by atoms with van der Waals surface area (Å²) < 4.78 is 14.1. The minimum absolute atomic E-state index is 0.452. The molecule has 2 heterocycles. The van der Waals surface area contributed by atoms with Crippen molar-refractivity contribution in [3.8, 4) is 22.8 Å². The smallest absolute Gasteiger partial charge is 0.133 e. The molecular weight excluding hydrogens is 465 g/mol. The van der Waals surface area contributed by atoms with Crippen LogP contribution in [0.5, 0.6) is 11.5 Å². The number of hydrogen-bond acceptors (Lipinski definition) is 4. The van der Waals surface area contributed by atoms with E-state index in [9.17, 15) is 0 Å². The Kier molecular flexibility index (Phi) is 5.21. The van der Waals surface area contributed by atoms with Crippen molar-refractivity contribution >= 4 is 33.5 Å². The van der Waals surface area contributed by atoms with E-state index in [0.717, 1.165) is 48.5 Å². The third kappa shape index (κ3) is 3.82. The van der Waals surface area contributed by atoms with Crippen LogP contribution in [-0.2, 0) is 13.7 Å². The number of aromatic nitrogens is 3. The number of nitrogens with zero attached hydrogens (tertiary/aromatic N) is 3. The lowest BCUT2D eigenvalue weighted by molar-refractivity contribution is 0.299. The monoisotopic (exact) mass is 485 g/mol. The maximum absolute atomic E-state index is 5.89. The number of pyridine rings is 1. The lowest BCUT2D eigenvalue weighted by Crippen LogP contribution is -1.99. The lowest BCUT2D eigenvalue weighted by atomic mass is 10.0. The van der Waals surface area contributed by atoms with Gasteiger partial charge in [0.05, 0.1) is 21.9 Å². The summed E-state index contributed by atoms with van der Waals surface area (Å²) in [6, 6.07) is 16.1. The van der Waals surface area contributed by atoms with Crippen molar-refractivity contribution in [3.05, 3.63) is 69.6 Å². The molecule has 0 saturated carbocycles. The van der Waals surface area contributed by atoms with E-state index in [1.54, 1.807) is 11.8 Å². The van der Waals surface area contributed by atoms with Gasteiger partial charge in [-0.3, -0.25) is 4.68 Å². The van der Waals surface area contributed by atoms with Crippen LogP contribution in [0.3, 0.4) is 0 Å². The Balaban J connectivity index is 1.56. The Morgan fingerprint density at radius 3 is 2.46 bits per heavy atom. The molecule has 0 N–H and O–H groups in total. The number of ether oxygens (including phenoxy) is 2. The summed E-state index contributed by atoms with van der Waals surface area (Å²) in [7, 11) is 3.59. The molecule has 0 spiro atoms. The Bertz CT molecular complexity index is 1140. The fourth-order valence-electron chi connectivity index (χ4n) is 3.14. The summed E-state index contributed by atoms with van der Waals surface area (Å²) in [5, 5.41) is 5.48. The number of benzene rings is 2. The Morgan fingerprint density at radius 1 is 1.04 bits per heavy atom. The van der Waals surface area contributed by atoms with E-state index in [0.29, 0.717) is 6.61 Å². The summed E-state index contributed by atoms with van der Waals surface area (Å²) in [5.74, 6) is 1.65. The highest BCUT2D eigenvalue weighted by atomic mass is 127. The maximum Gasteiger partial charge on any atom is 0.133 e. The van der Waals surface area contributed by atoms with E-state index < -0.39 is 0 Å². The first-order valence-electron chi connectivity index (χ1n) is 8.90. The van der Waals surface area contributed by atoms with Crippen LogP contribution in [0.25, 0.3) is 22.2 Å². The number of hydrogen-bond donors (Lipinski definition) is 0. The Morgan fingerprint density at radius 2 is 1.79 bits per heavy atom. The van der Waals surface area contributed by atoms with Crippen LogP contribution in [0.2, 0.25) is 0 Å². The number of fused-ring (bicyclic) bond motifs is 1. The Labute approximate surface area is 177 Å². The van der Waals surface area contributed by atoms with Gasteiger partial charge in [0.2, 0.25) is 0 Å². The molecule has 0 atom stereocenters. The molecule has 2 aromatic carbocycles. The summed E-state index contributed by atoms with van der Waals surface area (Å²) >= 11 is 2.27. The number of aryl methyl sites for hydroxylation is 2. The molecule has 0 amide bonds. The molecule has 0 aliphatic rings. The molecule has 142 valence electrons. The summed E-state index contributed by atoms with van der Waals surface area (Å²) in [6.45, 7) is 2.53. The highest BCUT2D eigenvalue weighted by Gasteiger charge is 2.09. The standard InChI is InChI=1S/C22H20IN3O2/c1-14-10-16-11-18(27-3)8-9-20(16)24-22(14)15-4-6-17(7-5-15)28-13-21-19(23)12-26(2)25-21/h4-12H,13H2,1-3H3. The zero-order valence-electron chi connectivity index (χ0n) is 15.9. The molecule has 4 aromatic rings. The van der Waals surface area contributed by atoms with Gasteiger partial charge in [0.1, 0.15) is 23.8 Å². The summed E-state index contributed by atoms with van der Waals surface area (Å²) in [4.78, 5) is 4.85. The van der Waals surface area contributed by atoms with Crippen LogP contribution in [0.15, 0.2) is 54.7 Å². The van der Waals surface area contributed by atoms with Gasteiger partial charge in [-0.25, -0.2) is 4.98 Å². The average molecular weight is 485 g/mol. The molecule has 6 heteroatoms. The number of halogens is 1. The minimum atomic E-state index is 0.452. The first kappa shape index (κ1) is 18.7. The quantitative estimate of drug-likeness (QED) is 0.368.